The lowest BCUT2D eigenvalue weighted by atomic mass is 9.80. The summed E-state index contributed by atoms with van der Waals surface area (Å²) in [5, 5.41) is 1.44. The number of hydrogen-bond acceptors (Lipinski definition) is 2. The van der Waals surface area contributed by atoms with Crippen LogP contribution in [0.5, 0.6) is 0 Å². The van der Waals surface area contributed by atoms with Crippen molar-refractivity contribution in [1.82, 2.24) is 0 Å². The largest absolute Gasteiger partial charge is 0.408 e. The average molecular weight is 529 g/mol. The molecule has 1 fully saturated rings. The molecule has 1 aliphatic heterocycles. The Kier molecular flexibility index (Phi) is 8.75. The van der Waals surface area contributed by atoms with Crippen molar-refractivity contribution in [2.45, 2.75) is 83.5 Å². The van der Waals surface area contributed by atoms with E-state index in [1.165, 1.54) is 53.1 Å². The maximum absolute atomic E-state index is 7.49. The Morgan fingerprint density at radius 1 is 0.784 bits per heavy atom. The molecule has 0 amide bonds. The Morgan fingerprint density at radius 2 is 1.30 bits per heavy atom. The molecule has 3 aromatic rings. The van der Waals surface area contributed by atoms with Crippen LogP contribution in [0.4, 0.5) is 0 Å². The maximum atomic E-state index is 7.49. The SMILES string of the molecule is CCCCCC/C(=C1/C(O[Si](C)(C)C)C(c2ccccc2)(c2ccccc2)O[Si]1(C)C)c1ccccc1. The molecule has 0 spiro atoms. The molecule has 1 atom stereocenters. The van der Waals surface area contributed by atoms with E-state index in [0.717, 1.165) is 6.42 Å². The van der Waals surface area contributed by atoms with Crippen molar-refractivity contribution in [3.8, 4) is 0 Å². The Balaban J connectivity index is 2.02. The van der Waals surface area contributed by atoms with E-state index in [1.807, 2.05) is 0 Å². The van der Waals surface area contributed by atoms with Crippen molar-refractivity contribution in [1.29, 1.82) is 0 Å². The monoisotopic (exact) mass is 528 g/mol. The Morgan fingerprint density at radius 3 is 1.78 bits per heavy atom. The lowest BCUT2D eigenvalue weighted by Crippen LogP contribution is -2.45. The van der Waals surface area contributed by atoms with Gasteiger partial charge in [-0.2, -0.15) is 0 Å². The van der Waals surface area contributed by atoms with Gasteiger partial charge in [0.15, 0.2) is 8.32 Å². The molecule has 0 bridgehead atoms. The molecular weight excluding hydrogens is 485 g/mol. The maximum Gasteiger partial charge on any atom is 0.219 e. The van der Waals surface area contributed by atoms with E-state index in [-0.39, 0.29) is 6.10 Å². The number of unbranched alkanes of at least 4 members (excludes halogenated alkanes) is 3. The quantitative estimate of drug-likeness (QED) is 0.193. The standard InChI is InChI=1S/C33H44O2Si2/c1-7-8-9-19-26-30(27-20-13-10-14-21-27)31-32(34-36(2,3)4)33(35-37(31,5)6,28-22-15-11-16-23-28)29-24-17-12-18-25-29/h10-18,20-25,32H,7-9,19,26H2,1-6H3/b31-30+. The van der Waals surface area contributed by atoms with Gasteiger partial charge in [-0.1, -0.05) is 117 Å². The highest BCUT2D eigenvalue weighted by Gasteiger charge is 2.60. The minimum absolute atomic E-state index is 0.160. The highest BCUT2D eigenvalue weighted by atomic mass is 28.4. The van der Waals surface area contributed by atoms with Crippen LogP contribution >= 0.6 is 0 Å². The van der Waals surface area contributed by atoms with E-state index in [4.69, 9.17) is 8.85 Å². The molecular formula is C33H44O2Si2. The molecule has 1 aliphatic rings. The fraction of sp³-hybridized carbons (Fsp3) is 0.394. The van der Waals surface area contributed by atoms with Crippen molar-refractivity contribution < 1.29 is 8.85 Å². The zero-order chi connectivity index (χ0) is 26.5. The normalized spacial score (nSPS) is 20.1. The predicted octanol–water partition coefficient (Wildman–Crippen LogP) is 9.35. The number of benzene rings is 3. The van der Waals surface area contributed by atoms with Gasteiger partial charge in [0.25, 0.3) is 0 Å². The molecule has 2 nitrogen and oxygen atoms in total. The van der Waals surface area contributed by atoms with E-state index >= 15 is 0 Å². The summed E-state index contributed by atoms with van der Waals surface area (Å²) in [7, 11) is -4.33. The van der Waals surface area contributed by atoms with Crippen LogP contribution in [0.25, 0.3) is 5.57 Å². The van der Waals surface area contributed by atoms with E-state index in [1.54, 1.807) is 0 Å². The van der Waals surface area contributed by atoms with Crippen molar-refractivity contribution in [3.05, 3.63) is 113 Å². The third-order valence-electron chi connectivity index (χ3n) is 7.30. The van der Waals surface area contributed by atoms with Gasteiger partial charge >= 0.3 is 0 Å². The van der Waals surface area contributed by atoms with Gasteiger partial charge in [-0.05, 0) is 73.0 Å². The van der Waals surface area contributed by atoms with Crippen LogP contribution in [0, 0.1) is 0 Å². The molecule has 4 heteroatoms. The van der Waals surface area contributed by atoms with Crippen LogP contribution in [-0.2, 0) is 14.5 Å². The second-order valence-electron chi connectivity index (χ2n) is 11.8. The summed E-state index contributed by atoms with van der Waals surface area (Å²) < 4.78 is 14.8. The van der Waals surface area contributed by atoms with Crippen molar-refractivity contribution in [2.75, 3.05) is 0 Å². The number of rotatable bonds is 10. The molecule has 0 N–H and O–H groups in total. The Hall–Kier alpha value is -2.25. The predicted molar refractivity (Wildman–Crippen MR) is 163 cm³/mol. The van der Waals surface area contributed by atoms with Gasteiger partial charge in [0, 0.05) is 0 Å². The fourth-order valence-electron chi connectivity index (χ4n) is 5.81. The smallest absolute Gasteiger partial charge is 0.219 e. The first-order valence-corrected chi connectivity index (χ1v) is 20.3. The van der Waals surface area contributed by atoms with E-state index in [0.29, 0.717) is 0 Å². The average Bonchev–Trinajstić information content (AvgIpc) is 3.12. The van der Waals surface area contributed by atoms with Crippen LogP contribution < -0.4 is 0 Å². The molecule has 0 saturated carbocycles. The van der Waals surface area contributed by atoms with Crippen LogP contribution in [0.1, 0.15) is 55.7 Å². The summed E-state index contributed by atoms with van der Waals surface area (Å²) in [6, 6.07) is 32.6. The van der Waals surface area contributed by atoms with Gasteiger partial charge in [-0.15, -0.1) is 0 Å². The second kappa shape index (κ2) is 11.6. The molecule has 4 rings (SSSR count). The molecule has 1 heterocycles. The van der Waals surface area contributed by atoms with E-state index in [2.05, 4.69) is 131 Å². The molecule has 1 unspecified atom stereocenters. The van der Waals surface area contributed by atoms with Gasteiger partial charge in [-0.25, -0.2) is 0 Å². The van der Waals surface area contributed by atoms with Crippen LogP contribution in [0.3, 0.4) is 0 Å². The fourth-order valence-corrected chi connectivity index (χ4v) is 10.1. The summed E-state index contributed by atoms with van der Waals surface area (Å²) >= 11 is 0. The van der Waals surface area contributed by atoms with E-state index in [9.17, 15) is 0 Å². The summed E-state index contributed by atoms with van der Waals surface area (Å²) in [5.41, 5.74) is 4.46. The lowest BCUT2D eigenvalue weighted by molar-refractivity contribution is 0.0260. The summed E-state index contributed by atoms with van der Waals surface area (Å²) in [6.07, 6.45) is 5.87. The second-order valence-corrected chi connectivity index (χ2v) is 20.0. The molecule has 1 saturated heterocycles. The molecule has 0 aromatic heterocycles. The van der Waals surface area contributed by atoms with Crippen molar-refractivity contribution >= 4 is 22.2 Å². The minimum atomic E-state index is -2.37. The third kappa shape index (κ3) is 6.09. The van der Waals surface area contributed by atoms with Crippen molar-refractivity contribution in [3.63, 3.8) is 0 Å². The highest BCUT2D eigenvalue weighted by molar-refractivity contribution is 6.81. The summed E-state index contributed by atoms with van der Waals surface area (Å²) in [4.78, 5) is 0. The van der Waals surface area contributed by atoms with Crippen LogP contribution in [-0.4, -0.2) is 22.7 Å². The Labute approximate surface area is 227 Å². The zero-order valence-electron chi connectivity index (χ0n) is 23.6. The first kappa shape index (κ1) is 27.8. The third-order valence-corrected chi connectivity index (χ3v) is 10.9. The highest BCUT2D eigenvalue weighted by Crippen LogP contribution is 2.54. The van der Waals surface area contributed by atoms with Gasteiger partial charge in [0.2, 0.25) is 8.32 Å². The Bertz CT molecular complexity index is 1130. The first-order valence-electron chi connectivity index (χ1n) is 14.0. The van der Waals surface area contributed by atoms with Gasteiger partial charge < -0.3 is 8.85 Å². The molecule has 196 valence electrons. The van der Waals surface area contributed by atoms with Crippen molar-refractivity contribution in [2.24, 2.45) is 0 Å². The van der Waals surface area contributed by atoms with Gasteiger partial charge in [-0.3, -0.25) is 0 Å². The molecule has 37 heavy (non-hydrogen) atoms. The molecule has 0 aliphatic carbocycles. The minimum Gasteiger partial charge on any atom is -0.408 e. The van der Waals surface area contributed by atoms with Crippen LogP contribution in [0.2, 0.25) is 32.7 Å². The first-order chi connectivity index (χ1) is 17.7. The van der Waals surface area contributed by atoms with Crippen LogP contribution in [0.15, 0.2) is 96.2 Å². The number of allylic oxidation sites excluding steroid dienone is 1. The van der Waals surface area contributed by atoms with E-state index < -0.39 is 22.2 Å². The summed E-state index contributed by atoms with van der Waals surface area (Å²) in [6.45, 7) is 14.0. The van der Waals surface area contributed by atoms with Gasteiger partial charge in [0.05, 0.1) is 0 Å². The van der Waals surface area contributed by atoms with Gasteiger partial charge in [0.1, 0.15) is 11.7 Å². The molecule has 3 aromatic carbocycles. The molecule has 0 radical (unpaired) electrons. The number of hydrogen-bond donors (Lipinski definition) is 0. The lowest BCUT2D eigenvalue weighted by Gasteiger charge is -2.40. The zero-order valence-corrected chi connectivity index (χ0v) is 25.6. The topological polar surface area (TPSA) is 18.5 Å². The summed E-state index contributed by atoms with van der Waals surface area (Å²) in [5.74, 6) is 0.